The van der Waals surface area contributed by atoms with E-state index in [1.165, 1.54) is 0 Å². The summed E-state index contributed by atoms with van der Waals surface area (Å²) in [7, 11) is -0.780. The first-order valence-electron chi connectivity index (χ1n) is 5.10. The second-order valence-electron chi connectivity index (χ2n) is 3.49. The Hall–Kier alpha value is -0.460. The molecule has 1 aliphatic heterocycles. The molecule has 0 bridgehead atoms. The monoisotopic (exact) mass is 234 g/mol. The molecule has 0 aromatic rings. The summed E-state index contributed by atoms with van der Waals surface area (Å²) in [4.78, 5) is 11.5. The van der Waals surface area contributed by atoms with E-state index in [4.69, 9.17) is 4.74 Å². The van der Waals surface area contributed by atoms with Gasteiger partial charge in [0.05, 0.1) is 6.61 Å². The molecule has 1 saturated heterocycles. The first-order chi connectivity index (χ1) is 7.20. The van der Waals surface area contributed by atoms with Crippen molar-refractivity contribution in [3.8, 4) is 0 Å². The lowest BCUT2D eigenvalue weighted by Crippen LogP contribution is -2.48. The molecule has 1 aliphatic rings. The fourth-order valence-electron chi connectivity index (χ4n) is 1.33. The van der Waals surface area contributed by atoms with Gasteiger partial charge in [-0.25, -0.2) is 0 Å². The van der Waals surface area contributed by atoms with E-state index in [1.54, 1.807) is 6.26 Å². The Morgan fingerprint density at radius 3 is 3.07 bits per heavy atom. The highest BCUT2D eigenvalue weighted by Gasteiger charge is 2.20. The normalized spacial score (nSPS) is 23.4. The van der Waals surface area contributed by atoms with Crippen molar-refractivity contribution in [3.63, 3.8) is 0 Å². The number of carbonyl (C=O) groups excluding carboxylic acids is 1. The lowest BCUT2D eigenvalue weighted by atomic mass is 10.3. The van der Waals surface area contributed by atoms with Gasteiger partial charge in [0.25, 0.3) is 0 Å². The summed E-state index contributed by atoms with van der Waals surface area (Å²) in [5.74, 6) is 0.549. The number of rotatable bonds is 5. The van der Waals surface area contributed by atoms with Gasteiger partial charge in [-0.3, -0.25) is 9.00 Å². The van der Waals surface area contributed by atoms with Gasteiger partial charge in [-0.2, -0.15) is 0 Å². The Kier molecular flexibility index (Phi) is 5.82. The lowest BCUT2D eigenvalue weighted by Gasteiger charge is -2.22. The third-order valence-corrected chi connectivity index (χ3v) is 2.99. The Bertz CT molecular complexity index is 229. The third-order valence-electron chi connectivity index (χ3n) is 2.13. The molecule has 0 aromatic heterocycles. The van der Waals surface area contributed by atoms with E-state index in [9.17, 15) is 9.00 Å². The summed E-state index contributed by atoms with van der Waals surface area (Å²) >= 11 is 0. The van der Waals surface area contributed by atoms with E-state index in [0.717, 1.165) is 13.0 Å². The zero-order chi connectivity index (χ0) is 11.1. The van der Waals surface area contributed by atoms with E-state index >= 15 is 0 Å². The number of nitrogens with one attached hydrogen (secondary N) is 2. The van der Waals surface area contributed by atoms with Crippen LogP contribution in [0.2, 0.25) is 0 Å². The summed E-state index contributed by atoms with van der Waals surface area (Å²) in [6, 6.07) is 0. The Morgan fingerprint density at radius 1 is 1.67 bits per heavy atom. The maximum absolute atomic E-state index is 11.5. The van der Waals surface area contributed by atoms with Crippen LogP contribution in [0, 0.1) is 0 Å². The van der Waals surface area contributed by atoms with E-state index in [-0.39, 0.29) is 12.0 Å². The fourth-order valence-corrected chi connectivity index (χ4v) is 1.89. The molecule has 0 radical (unpaired) electrons. The molecular weight excluding hydrogens is 216 g/mol. The SMILES string of the molecule is CS(=O)CCCNC(=O)C1CNCCO1. The highest BCUT2D eigenvalue weighted by molar-refractivity contribution is 7.84. The zero-order valence-electron chi connectivity index (χ0n) is 8.95. The van der Waals surface area contributed by atoms with Crippen LogP contribution < -0.4 is 10.6 Å². The van der Waals surface area contributed by atoms with Gasteiger partial charge in [0.15, 0.2) is 0 Å². The van der Waals surface area contributed by atoms with E-state index in [2.05, 4.69) is 10.6 Å². The van der Waals surface area contributed by atoms with Crippen LogP contribution in [0.25, 0.3) is 0 Å². The second-order valence-corrected chi connectivity index (χ2v) is 5.04. The molecule has 0 saturated carbocycles. The van der Waals surface area contributed by atoms with Gasteiger partial charge in [0, 0.05) is 42.4 Å². The first kappa shape index (κ1) is 12.6. The first-order valence-corrected chi connectivity index (χ1v) is 6.83. The van der Waals surface area contributed by atoms with Gasteiger partial charge in [-0.1, -0.05) is 0 Å². The summed E-state index contributed by atoms with van der Waals surface area (Å²) in [5.41, 5.74) is 0. The molecule has 1 amide bonds. The topological polar surface area (TPSA) is 67.4 Å². The van der Waals surface area contributed by atoms with Crippen LogP contribution in [0.5, 0.6) is 0 Å². The molecule has 1 heterocycles. The average Bonchev–Trinajstić information content (AvgIpc) is 2.25. The Labute approximate surface area is 92.4 Å². The van der Waals surface area contributed by atoms with Gasteiger partial charge >= 0.3 is 0 Å². The predicted octanol–water partition coefficient (Wildman–Crippen LogP) is -1.14. The standard InChI is InChI=1S/C9H18N2O3S/c1-15(13)6-2-3-11-9(12)8-7-10-4-5-14-8/h8,10H,2-7H2,1H3,(H,11,12). The van der Waals surface area contributed by atoms with Crippen LogP contribution in [0.15, 0.2) is 0 Å². The molecule has 0 spiro atoms. The smallest absolute Gasteiger partial charge is 0.250 e. The van der Waals surface area contributed by atoms with Crippen LogP contribution in [-0.4, -0.2) is 54.5 Å². The minimum absolute atomic E-state index is 0.0796. The molecule has 1 rings (SSSR count). The molecule has 2 atom stereocenters. The maximum atomic E-state index is 11.5. The molecule has 0 aromatic carbocycles. The molecule has 2 N–H and O–H groups in total. The molecule has 5 nitrogen and oxygen atoms in total. The van der Waals surface area contributed by atoms with Gasteiger partial charge in [-0.15, -0.1) is 0 Å². The predicted molar refractivity (Wildman–Crippen MR) is 59.2 cm³/mol. The Balaban J connectivity index is 2.09. The number of carbonyl (C=O) groups is 1. The van der Waals surface area contributed by atoms with Crippen molar-refractivity contribution in [1.82, 2.24) is 10.6 Å². The average molecular weight is 234 g/mol. The largest absolute Gasteiger partial charge is 0.366 e. The van der Waals surface area contributed by atoms with Gasteiger partial charge in [0.2, 0.25) is 5.91 Å². The van der Waals surface area contributed by atoms with Crippen molar-refractivity contribution in [3.05, 3.63) is 0 Å². The van der Waals surface area contributed by atoms with E-state index in [1.807, 2.05) is 0 Å². The minimum Gasteiger partial charge on any atom is -0.366 e. The fraction of sp³-hybridized carbons (Fsp3) is 0.889. The van der Waals surface area contributed by atoms with Crippen molar-refractivity contribution in [2.45, 2.75) is 12.5 Å². The molecule has 1 fully saturated rings. The molecule has 6 heteroatoms. The summed E-state index contributed by atoms with van der Waals surface area (Å²) in [5, 5.41) is 5.86. The maximum Gasteiger partial charge on any atom is 0.250 e. The summed E-state index contributed by atoms with van der Waals surface area (Å²) in [6.45, 7) is 2.53. The van der Waals surface area contributed by atoms with Crippen LogP contribution in [0.3, 0.4) is 0 Å². The van der Waals surface area contributed by atoms with Gasteiger partial charge in [-0.05, 0) is 6.42 Å². The highest BCUT2D eigenvalue weighted by atomic mass is 32.2. The quantitative estimate of drug-likeness (QED) is 0.590. The number of hydrogen-bond acceptors (Lipinski definition) is 4. The van der Waals surface area contributed by atoms with E-state index in [0.29, 0.717) is 25.4 Å². The number of ether oxygens (including phenoxy) is 1. The highest BCUT2D eigenvalue weighted by Crippen LogP contribution is 1.95. The minimum atomic E-state index is -0.780. The second kappa shape index (κ2) is 6.92. The van der Waals surface area contributed by atoms with Gasteiger partial charge < -0.3 is 15.4 Å². The lowest BCUT2D eigenvalue weighted by molar-refractivity contribution is -0.134. The molecular formula is C9H18N2O3S. The number of hydrogen-bond donors (Lipinski definition) is 2. The van der Waals surface area contributed by atoms with Crippen molar-refractivity contribution in [1.29, 1.82) is 0 Å². The van der Waals surface area contributed by atoms with Gasteiger partial charge in [0.1, 0.15) is 6.10 Å². The van der Waals surface area contributed by atoms with Crippen molar-refractivity contribution >= 4 is 16.7 Å². The third kappa shape index (κ3) is 5.25. The van der Waals surface area contributed by atoms with E-state index < -0.39 is 10.8 Å². The van der Waals surface area contributed by atoms with Crippen LogP contribution in [0.4, 0.5) is 0 Å². The Morgan fingerprint density at radius 2 is 2.47 bits per heavy atom. The van der Waals surface area contributed by atoms with Crippen LogP contribution in [-0.2, 0) is 20.3 Å². The van der Waals surface area contributed by atoms with Crippen LogP contribution >= 0.6 is 0 Å². The van der Waals surface area contributed by atoms with Crippen molar-refractivity contribution < 1.29 is 13.7 Å². The number of amides is 1. The molecule has 0 aliphatic carbocycles. The molecule has 88 valence electrons. The van der Waals surface area contributed by atoms with Crippen molar-refractivity contribution in [2.75, 3.05) is 38.2 Å². The van der Waals surface area contributed by atoms with Crippen molar-refractivity contribution in [2.24, 2.45) is 0 Å². The molecule has 15 heavy (non-hydrogen) atoms. The molecule has 2 unspecified atom stereocenters. The summed E-state index contributed by atoms with van der Waals surface area (Å²) < 4.78 is 16.0. The summed E-state index contributed by atoms with van der Waals surface area (Å²) in [6.07, 6.45) is 2.04. The number of morpholine rings is 1. The van der Waals surface area contributed by atoms with Crippen LogP contribution in [0.1, 0.15) is 6.42 Å². The zero-order valence-corrected chi connectivity index (χ0v) is 9.77.